The van der Waals surface area contributed by atoms with Gasteiger partial charge in [-0.25, -0.2) is 8.42 Å². The highest BCUT2D eigenvalue weighted by molar-refractivity contribution is 7.89. The van der Waals surface area contributed by atoms with Crippen molar-refractivity contribution in [3.05, 3.63) is 130 Å². The molecule has 1 amide bonds. The van der Waals surface area contributed by atoms with Gasteiger partial charge in [-0.1, -0.05) is 53.5 Å². The zero-order valence-corrected chi connectivity index (χ0v) is 21.5. The first kappa shape index (κ1) is 25.9. The minimum absolute atomic E-state index is 0.115. The number of benzene rings is 3. The van der Waals surface area contributed by atoms with Crippen LogP contribution in [0.15, 0.2) is 102 Å². The third-order valence-corrected chi connectivity index (χ3v) is 7.74. The lowest BCUT2D eigenvalue weighted by molar-refractivity contribution is 0.0951. The van der Waals surface area contributed by atoms with Crippen molar-refractivity contribution in [2.75, 3.05) is 0 Å². The molecule has 0 aliphatic heterocycles. The second kappa shape index (κ2) is 11.7. The van der Waals surface area contributed by atoms with Crippen molar-refractivity contribution in [2.24, 2.45) is 0 Å². The second-order valence-electron chi connectivity index (χ2n) is 8.10. The summed E-state index contributed by atoms with van der Waals surface area (Å²) in [7, 11) is -3.83. The van der Waals surface area contributed by atoms with E-state index in [1.165, 1.54) is 16.4 Å². The fraction of sp³-hybridized carbons (Fsp3) is 0.111. The Morgan fingerprint density at radius 2 is 1.50 bits per heavy atom. The van der Waals surface area contributed by atoms with E-state index in [1.807, 2.05) is 18.2 Å². The van der Waals surface area contributed by atoms with E-state index < -0.39 is 10.0 Å². The van der Waals surface area contributed by atoms with E-state index in [4.69, 9.17) is 23.2 Å². The van der Waals surface area contributed by atoms with Crippen molar-refractivity contribution in [1.82, 2.24) is 14.6 Å². The van der Waals surface area contributed by atoms with Gasteiger partial charge in [-0.3, -0.25) is 9.78 Å². The molecule has 184 valence electrons. The van der Waals surface area contributed by atoms with Gasteiger partial charge >= 0.3 is 0 Å². The molecule has 4 aromatic rings. The van der Waals surface area contributed by atoms with Gasteiger partial charge in [0.05, 0.1) is 4.90 Å². The predicted molar refractivity (Wildman–Crippen MR) is 141 cm³/mol. The smallest absolute Gasteiger partial charge is 0.251 e. The molecule has 0 fully saturated rings. The van der Waals surface area contributed by atoms with Crippen LogP contribution in [0.3, 0.4) is 0 Å². The Hall–Kier alpha value is -3.23. The minimum Gasteiger partial charge on any atom is -0.348 e. The third-order valence-electron chi connectivity index (χ3n) is 5.45. The lowest BCUT2D eigenvalue weighted by Crippen LogP contribution is -2.30. The first-order valence-corrected chi connectivity index (χ1v) is 13.3. The number of pyridine rings is 1. The quantitative estimate of drug-likeness (QED) is 0.295. The van der Waals surface area contributed by atoms with Crippen LogP contribution in [0, 0.1) is 0 Å². The van der Waals surface area contributed by atoms with Crippen molar-refractivity contribution >= 4 is 39.1 Å². The first-order chi connectivity index (χ1) is 17.3. The van der Waals surface area contributed by atoms with Crippen LogP contribution in [0.5, 0.6) is 0 Å². The fourth-order valence-electron chi connectivity index (χ4n) is 3.57. The molecule has 4 rings (SSSR count). The lowest BCUT2D eigenvalue weighted by Gasteiger charge is -2.22. The highest BCUT2D eigenvalue weighted by Gasteiger charge is 2.25. The van der Waals surface area contributed by atoms with Gasteiger partial charge < -0.3 is 5.32 Å². The molecule has 1 heterocycles. The summed E-state index contributed by atoms with van der Waals surface area (Å²) in [6.45, 7) is 0.601. The normalized spacial score (nSPS) is 11.4. The summed E-state index contributed by atoms with van der Waals surface area (Å²) in [6, 6.07) is 23.8. The molecule has 0 saturated carbocycles. The molecule has 1 aromatic heterocycles. The molecular formula is C27H23Cl2N3O3S. The summed E-state index contributed by atoms with van der Waals surface area (Å²) in [5.41, 5.74) is 2.86. The molecule has 9 heteroatoms. The van der Waals surface area contributed by atoms with Gasteiger partial charge in [0.15, 0.2) is 0 Å². The Balaban J connectivity index is 1.50. The number of amides is 1. The van der Waals surface area contributed by atoms with Crippen LogP contribution in [0.2, 0.25) is 10.0 Å². The van der Waals surface area contributed by atoms with E-state index in [0.717, 1.165) is 16.7 Å². The highest BCUT2D eigenvalue weighted by atomic mass is 35.5. The monoisotopic (exact) mass is 539 g/mol. The molecule has 0 unspecified atom stereocenters. The molecule has 0 spiro atoms. The van der Waals surface area contributed by atoms with E-state index in [9.17, 15) is 13.2 Å². The molecule has 1 N–H and O–H groups in total. The van der Waals surface area contributed by atoms with Crippen molar-refractivity contribution in [2.45, 2.75) is 24.5 Å². The number of sulfonamides is 1. The summed E-state index contributed by atoms with van der Waals surface area (Å²) >= 11 is 11.9. The van der Waals surface area contributed by atoms with Gasteiger partial charge in [-0.05, 0) is 71.3 Å². The van der Waals surface area contributed by atoms with Gasteiger partial charge in [-0.15, -0.1) is 0 Å². The average molecular weight is 540 g/mol. The summed E-state index contributed by atoms with van der Waals surface area (Å²) in [4.78, 5) is 16.8. The Morgan fingerprint density at radius 3 is 2.17 bits per heavy atom. The maximum absolute atomic E-state index is 13.5. The summed E-state index contributed by atoms with van der Waals surface area (Å²) < 4.78 is 28.3. The summed E-state index contributed by atoms with van der Waals surface area (Å²) in [5, 5.41) is 3.93. The summed E-state index contributed by atoms with van der Waals surface area (Å²) in [6.07, 6.45) is 3.27. The minimum atomic E-state index is -3.83. The number of aromatic nitrogens is 1. The van der Waals surface area contributed by atoms with E-state index in [2.05, 4.69) is 10.3 Å². The fourth-order valence-corrected chi connectivity index (χ4v) is 5.33. The van der Waals surface area contributed by atoms with Crippen LogP contribution >= 0.6 is 23.2 Å². The van der Waals surface area contributed by atoms with Gasteiger partial charge in [-0.2, -0.15) is 4.31 Å². The molecular weight excluding hydrogens is 517 g/mol. The molecule has 0 atom stereocenters. The zero-order chi connectivity index (χ0) is 25.5. The molecule has 3 aromatic carbocycles. The van der Waals surface area contributed by atoms with E-state index in [1.54, 1.807) is 67.0 Å². The van der Waals surface area contributed by atoms with Crippen LogP contribution in [-0.2, 0) is 29.7 Å². The predicted octanol–water partition coefficient (Wildman–Crippen LogP) is 5.71. The van der Waals surface area contributed by atoms with Gasteiger partial charge in [0, 0.05) is 47.6 Å². The van der Waals surface area contributed by atoms with E-state index in [0.29, 0.717) is 22.2 Å². The van der Waals surface area contributed by atoms with Gasteiger partial charge in [0.2, 0.25) is 10.0 Å². The topological polar surface area (TPSA) is 79.4 Å². The molecule has 0 aliphatic rings. The van der Waals surface area contributed by atoms with Crippen LogP contribution in [0.25, 0.3) is 0 Å². The van der Waals surface area contributed by atoms with Crippen molar-refractivity contribution in [3.8, 4) is 0 Å². The van der Waals surface area contributed by atoms with Crippen LogP contribution in [0.4, 0.5) is 0 Å². The second-order valence-corrected chi connectivity index (χ2v) is 10.9. The number of nitrogens with one attached hydrogen (secondary N) is 1. The maximum atomic E-state index is 13.5. The third kappa shape index (κ3) is 6.71. The molecule has 0 radical (unpaired) electrons. The Labute approximate surface area is 220 Å². The van der Waals surface area contributed by atoms with Gasteiger partial charge in [0.25, 0.3) is 5.91 Å². The molecule has 36 heavy (non-hydrogen) atoms. The van der Waals surface area contributed by atoms with Crippen LogP contribution < -0.4 is 5.32 Å². The number of hydrogen-bond acceptors (Lipinski definition) is 4. The van der Waals surface area contributed by atoms with Crippen molar-refractivity contribution in [3.63, 3.8) is 0 Å². The number of carbonyl (C=O) groups is 1. The standard InChI is InChI=1S/C27H23Cl2N3O3S/c28-24-10-12-26(13-11-24)36(34,35)32(19-22-4-2-14-30-16-22)18-20-6-8-23(9-7-20)27(33)31-17-21-3-1-5-25(29)15-21/h1-16H,17-19H2,(H,31,33). The first-order valence-electron chi connectivity index (χ1n) is 11.1. The van der Waals surface area contributed by atoms with Crippen LogP contribution in [-0.4, -0.2) is 23.6 Å². The van der Waals surface area contributed by atoms with Gasteiger partial charge in [0.1, 0.15) is 0 Å². The number of halogens is 2. The van der Waals surface area contributed by atoms with E-state index in [-0.39, 0.29) is 23.9 Å². The lowest BCUT2D eigenvalue weighted by atomic mass is 10.1. The van der Waals surface area contributed by atoms with Crippen LogP contribution in [0.1, 0.15) is 27.0 Å². The number of nitrogens with zero attached hydrogens (tertiary/aromatic N) is 2. The van der Waals surface area contributed by atoms with E-state index >= 15 is 0 Å². The Kier molecular flexibility index (Phi) is 8.38. The number of carbonyl (C=O) groups excluding carboxylic acids is 1. The number of rotatable bonds is 9. The molecule has 6 nitrogen and oxygen atoms in total. The maximum Gasteiger partial charge on any atom is 0.251 e. The number of hydrogen-bond donors (Lipinski definition) is 1. The largest absolute Gasteiger partial charge is 0.348 e. The molecule has 0 aliphatic carbocycles. The highest BCUT2D eigenvalue weighted by Crippen LogP contribution is 2.23. The molecule has 0 saturated heterocycles. The average Bonchev–Trinajstić information content (AvgIpc) is 2.88. The Morgan fingerprint density at radius 1 is 0.806 bits per heavy atom. The van der Waals surface area contributed by atoms with Crippen molar-refractivity contribution < 1.29 is 13.2 Å². The SMILES string of the molecule is O=C(NCc1cccc(Cl)c1)c1ccc(CN(Cc2cccnc2)S(=O)(=O)c2ccc(Cl)cc2)cc1. The molecule has 0 bridgehead atoms. The zero-order valence-electron chi connectivity index (χ0n) is 19.1. The summed E-state index contributed by atoms with van der Waals surface area (Å²) in [5.74, 6) is -0.234. The Bertz CT molecular complexity index is 1430. The van der Waals surface area contributed by atoms with Crippen molar-refractivity contribution in [1.29, 1.82) is 0 Å².